The van der Waals surface area contributed by atoms with Crippen molar-refractivity contribution < 1.29 is 41.7 Å². The normalized spacial score (nSPS) is 21.0. The van der Waals surface area contributed by atoms with Crippen LogP contribution in [-0.4, -0.2) is 101 Å². The van der Waals surface area contributed by atoms with Gasteiger partial charge in [-0.15, -0.1) is 0 Å². The predicted octanol–water partition coefficient (Wildman–Crippen LogP) is -0.314. The molecular formula is C16H29CuN3O5+2. The van der Waals surface area contributed by atoms with Crippen LogP contribution < -0.4 is 0 Å². The van der Waals surface area contributed by atoms with E-state index in [0.29, 0.717) is 39.3 Å². The summed E-state index contributed by atoms with van der Waals surface area (Å²) in [6.07, 6.45) is 0. The molecule has 25 heavy (non-hydrogen) atoms. The van der Waals surface area contributed by atoms with Crippen molar-refractivity contribution in [2.75, 3.05) is 52.4 Å². The smallest absolute Gasteiger partial charge is 0.480 e. The molecule has 2 N–H and O–H groups in total. The Morgan fingerprint density at radius 3 is 1.88 bits per heavy atom. The van der Waals surface area contributed by atoms with Crippen LogP contribution in [0.4, 0.5) is 0 Å². The Bertz CT molecular complexity index is 461. The monoisotopic (exact) mass is 406 g/mol. The summed E-state index contributed by atoms with van der Waals surface area (Å²) < 4.78 is 0. The van der Waals surface area contributed by atoms with Crippen LogP contribution in [0.2, 0.25) is 0 Å². The second kappa shape index (κ2) is 11.6. The van der Waals surface area contributed by atoms with Crippen LogP contribution >= 0.6 is 0 Å². The number of hydrogen-bond donors (Lipinski definition) is 2. The summed E-state index contributed by atoms with van der Waals surface area (Å²) in [7, 11) is 0. The number of rotatable bonds is 7. The Kier molecular flexibility index (Phi) is 11.1. The van der Waals surface area contributed by atoms with Crippen LogP contribution in [0.1, 0.15) is 20.8 Å². The van der Waals surface area contributed by atoms with Crippen LogP contribution in [0.3, 0.4) is 0 Å². The van der Waals surface area contributed by atoms with Gasteiger partial charge in [0.2, 0.25) is 0 Å². The summed E-state index contributed by atoms with van der Waals surface area (Å²) in [6.45, 7) is 8.47. The molecular weight excluding hydrogens is 378 g/mol. The van der Waals surface area contributed by atoms with E-state index in [-0.39, 0.29) is 47.9 Å². The topological polar surface area (TPSA) is 101 Å². The van der Waals surface area contributed by atoms with Gasteiger partial charge in [0.25, 0.3) is 0 Å². The molecule has 9 heteroatoms. The zero-order valence-electron chi connectivity index (χ0n) is 15.1. The van der Waals surface area contributed by atoms with Gasteiger partial charge >= 0.3 is 29.0 Å². The standard InChI is InChI=1S/C16H29N3O5.Cu/c1-12(2)14-9-18(11-16(23)24)5-4-17(10-15(21)22)6-7-19(14)8-13(3)20;/h12,14H,4-11H2,1-3H3,(H,21,22)(H,23,24);/q;+2. The van der Waals surface area contributed by atoms with Crippen LogP contribution in [0.5, 0.6) is 0 Å². The molecule has 1 fully saturated rings. The average Bonchev–Trinajstić information content (AvgIpc) is 2.50. The Balaban J connectivity index is 0.00000576. The minimum Gasteiger partial charge on any atom is -0.480 e. The van der Waals surface area contributed by atoms with Crippen molar-refractivity contribution in [2.45, 2.75) is 26.8 Å². The first-order valence-electron chi connectivity index (χ1n) is 8.30. The van der Waals surface area contributed by atoms with Gasteiger partial charge in [-0.05, 0) is 12.8 Å². The molecule has 147 valence electrons. The van der Waals surface area contributed by atoms with E-state index in [1.807, 2.05) is 4.90 Å². The molecule has 0 aliphatic carbocycles. The van der Waals surface area contributed by atoms with E-state index in [0.717, 1.165) is 0 Å². The molecule has 8 nitrogen and oxygen atoms in total. The molecule has 0 bridgehead atoms. The van der Waals surface area contributed by atoms with Crippen molar-refractivity contribution in [1.29, 1.82) is 0 Å². The quantitative estimate of drug-likeness (QED) is 0.555. The number of hydrogen-bond acceptors (Lipinski definition) is 6. The zero-order valence-corrected chi connectivity index (χ0v) is 16.0. The van der Waals surface area contributed by atoms with E-state index in [1.54, 1.807) is 4.90 Å². The Hall–Kier alpha value is -0.991. The number of carbonyl (C=O) groups excluding carboxylic acids is 1. The SMILES string of the molecule is CC(=O)CN1CCN(CC(=O)O)CCN(CC(=O)O)CC1C(C)C.[Cu+2]. The number of Topliss-reactive ketones (excluding diaryl/α,β-unsaturated/α-hetero) is 1. The Labute approximate surface area is 159 Å². The second-order valence-corrected chi connectivity index (χ2v) is 6.78. The minimum absolute atomic E-state index is 0. The zero-order chi connectivity index (χ0) is 18.3. The number of nitrogens with zero attached hydrogens (tertiary/aromatic N) is 3. The van der Waals surface area contributed by atoms with Gasteiger partial charge in [0.1, 0.15) is 5.78 Å². The largest absolute Gasteiger partial charge is 2.00 e. The van der Waals surface area contributed by atoms with E-state index >= 15 is 0 Å². The molecule has 0 amide bonds. The van der Waals surface area contributed by atoms with Crippen LogP contribution in [-0.2, 0) is 31.5 Å². The average molecular weight is 407 g/mol. The molecule has 1 aliphatic heterocycles. The van der Waals surface area contributed by atoms with Gasteiger partial charge in [-0.1, -0.05) is 13.8 Å². The summed E-state index contributed by atoms with van der Waals surface area (Å²) in [6, 6.07) is 0.0537. The number of carboxylic acid groups (broad SMARTS) is 2. The van der Waals surface area contributed by atoms with Gasteiger partial charge in [-0.3, -0.25) is 29.1 Å². The summed E-state index contributed by atoms with van der Waals surface area (Å²) >= 11 is 0. The fraction of sp³-hybridized carbons (Fsp3) is 0.812. The summed E-state index contributed by atoms with van der Waals surface area (Å²) in [5.74, 6) is -1.50. The molecule has 1 saturated heterocycles. The van der Waals surface area contributed by atoms with E-state index in [4.69, 9.17) is 10.2 Å². The van der Waals surface area contributed by atoms with Crippen LogP contribution in [0.15, 0.2) is 0 Å². The van der Waals surface area contributed by atoms with Crippen LogP contribution in [0.25, 0.3) is 0 Å². The molecule has 1 heterocycles. The van der Waals surface area contributed by atoms with Crippen molar-refractivity contribution in [2.24, 2.45) is 5.92 Å². The molecule has 1 radical (unpaired) electrons. The van der Waals surface area contributed by atoms with E-state index in [2.05, 4.69) is 18.7 Å². The molecule has 0 aromatic carbocycles. The van der Waals surface area contributed by atoms with Gasteiger partial charge in [0, 0.05) is 38.8 Å². The third kappa shape index (κ3) is 9.32. The second-order valence-electron chi connectivity index (χ2n) is 6.78. The van der Waals surface area contributed by atoms with E-state index in [9.17, 15) is 14.4 Å². The maximum Gasteiger partial charge on any atom is 2.00 e. The summed E-state index contributed by atoms with van der Waals surface area (Å²) in [4.78, 5) is 39.5. The number of carboxylic acids is 2. The number of aliphatic carboxylic acids is 2. The fourth-order valence-electron chi connectivity index (χ4n) is 3.10. The van der Waals surface area contributed by atoms with Gasteiger partial charge in [0.05, 0.1) is 19.6 Å². The first kappa shape index (κ1) is 24.0. The van der Waals surface area contributed by atoms with Gasteiger partial charge < -0.3 is 10.2 Å². The van der Waals surface area contributed by atoms with Crippen LogP contribution in [0, 0.1) is 5.92 Å². The molecule has 1 atom stereocenters. The van der Waals surface area contributed by atoms with Gasteiger partial charge in [0.15, 0.2) is 0 Å². The molecule has 0 aromatic rings. The third-order valence-corrected chi connectivity index (χ3v) is 4.26. The fourth-order valence-corrected chi connectivity index (χ4v) is 3.10. The Morgan fingerprint density at radius 1 is 0.920 bits per heavy atom. The van der Waals surface area contributed by atoms with E-state index in [1.165, 1.54) is 6.92 Å². The molecule has 1 rings (SSSR count). The maximum atomic E-state index is 11.6. The molecule has 1 unspecified atom stereocenters. The summed E-state index contributed by atoms with van der Waals surface area (Å²) in [5, 5.41) is 18.2. The molecule has 1 aliphatic rings. The van der Waals surface area contributed by atoms with Crippen molar-refractivity contribution in [3.05, 3.63) is 0 Å². The first-order chi connectivity index (χ1) is 11.2. The number of carbonyl (C=O) groups is 3. The van der Waals surface area contributed by atoms with Crippen molar-refractivity contribution >= 4 is 17.7 Å². The number of ketones is 1. The van der Waals surface area contributed by atoms with Crippen molar-refractivity contribution in [3.63, 3.8) is 0 Å². The molecule has 0 aromatic heterocycles. The minimum atomic E-state index is -0.905. The van der Waals surface area contributed by atoms with Gasteiger partial charge in [-0.2, -0.15) is 0 Å². The van der Waals surface area contributed by atoms with Gasteiger partial charge in [-0.25, -0.2) is 0 Å². The van der Waals surface area contributed by atoms with Crippen molar-refractivity contribution in [3.8, 4) is 0 Å². The van der Waals surface area contributed by atoms with Crippen molar-refractivity contribution in [1.82, 2.24) is 14.7 Å². The molecule has 0 saturated carbocycles. The Morgan fingerprint density at radius 2 is 1.40 bits per heavy atom. The third-order valence-electron chi connectivity index (χ3n) is 4.26. The predicted molar refractivity (Wildman–Crippen MR) is 89.0 cm³/mol. The van der Waals surface area contributed by atoms with E-state index < -0.39 is 11.9 Å². The summed E-state index contributed by atoms with van der Waals surface area (Å²) in [5.41, 5.74) is 0. The molecule has 0 spiro atoms. The first-order valence-corrected chi connectivity index (χ1v) is 8.30. The maximum absolute atomic E-state index is 11.6.